The quantitative estimate of drug-likeness (QED) is 0.757. The number of hydrogen-bond acceptors (Lipinski definition) is 5. The molecule has 3 aromatic rings. The van der Waals surface area contributed by atoms with Gasteiger partial charge in [-0.15, -0.1) is 5.10 Å². The third-order valence-corrected chi connectivity index (χ3v) is 3.69. The van der Waals surface area contributed by atoms with Crippen LogP contribution in [0.25, 0.3) is 5.69 Å². The third kappa shape index (κ3) is 3.72. The molecule has 0 bridgehead atoms. The summed E-state index contributed by atoms with van der Waals surface area (Å²) in [5, 5.41) is 7.52. The van der Waals surface area contributed by atoms with E-state index >= 15 is 0 Å². The van der Waals surface area contributed by atoms with Crippen molar-refractivity contribution in [1.82, 2.24) is 14.8 Å². The summed E-state index contributed by atoms with van der Waals surface area (Å²) in [4.78, 5) is 16.5. The topological polar surface area (TPSA) is 78.3 Å². The molecule has 128 valence electrons. The lowest BCUT2D eigenvalue weighted by Gasteiger charge is -2.10. The Hall–Kier alpha value is -3.06. The maximum absolute atomic E-state index is 12.4. The highest BCUT2D eigenvalue weighted by Crippen LogP contribution is 2.29. The summed E-state index contributed by atoms with van der Waals surface area (Å²) < 4.78 is 11.9. The number of methoxy groups -OCH3 is 2. The highest BCUT2D eigenvalue weighted by Gasteiger charge is 2.15. The molecule has 8 heteroatoms. The molecule has 1 aromatic heterocycles. The van der Waals surface area contributed by atoms with Gasteiger partial charge in [0.25, 0.3) is 5.91 Å². The Morgan fingerprint density at radius 3 is 2.56 bits per heavy atom. The average molecular weight is 359 g/mol. The van der Waals surface area contributed by atoms with Crippen molar-refractivity contribution in [2.45, 2.75) is 0 Å². The van der Waals surface area contributed by atoms with E-state index in [1.807, 2.05) is 0 Å². The number of hydrogen-bond donors (Lipinski definition) is 1. The van der Waals surface area contributed by atoms with Crippen LogP contribution in [-0.2, 0) is 0 Å². The van der Waals surface area contributed by atoms with E-state index in [-0.39, 0.29) is 5.82 Å². The number of carbonyl (C=O) groups excluding carboxylic acids is 1. The fraction of sp³-hybridized carbons (Fsp3) is 0.118. The fourth-order valence-electron chi connectivity index (χ4n) is 2.18. The van der Waals surface area contributed by atoms with Crippen LogP contribution in [0, 0.1) is 0 Å². The summed E-state index contributed by atoms with van der Waals surface area (Å²) in [6, 6.07) is 12.1. The maximum atomic E-state index is 12.4. The molecule has 0 fully saturated rings. The van der Waals surface area contributed by atoms with Gasteiger partial charge >= 0.3 is 0 Å². The first-order valence-electron chi connectivity index (χ1n) is 7.31. The van der Waals surface area contributed by atoms with Crippen LogP contribution >= 0.6 is 11.6 Å². The van der Waals surface area contributed by atoms with Gasteiger partial charge in [-0.1, -0.05) is 11.6 Å². The SMILES string of the molecule is COc1ccc(OC)c(NC(=O)c2ncn(-c3ccc(Cl)cc3)n2)c1. The van der Waals surface area contributed by atoms with Gasteiger partial charge in [0.15, 0.2) is 0 Å². The second-order valence-corrected chi connectivity index (χ2v) is 5.45. The molecule has 0 unspecified atom stereocenters. The zero-order valence-corrected chi connectivity index (χ0v) is 14.3. The van der Waals surface area contributed by atoms with Crippen molar-refractivity contribution in [2.24, 2.45) is 0 Å². The Bertz CT molecular complexity index is 893. The minimum absolute atomic E-state index is 0.0276. The summed E-state index contributed by atoms with van der Waals surface area (Å²) in [6.07, 6.45) is 1.46. The van der Waals surface area contributed by atoms with E-state index in [0.717, 1.165) is 5.69 Å². The van der Waals surface area contributed by atoms with E-state index in [2.05, 4.69) is 15.4 Å². The monoisotopic (exact) mass is 358 g/mol. The zero-order chi connectivity index (χ0) is 17.8. The molecular weight excluding hydrogens is 344 g/mol. The smallest absolute Gasteiger partial charge is 0.295 e. The van der Waals surface area contributed by atoms with Gasteiger partial charge in [-0.25, -0.2) is 9.67 Å². The molecule has 1 amide bonds. The number of ether oxygens (including phenoxy) is 2. The van der Waals surface area contributed by atoms with Crippen LogP contribution in [-0.4, -0.2) is 34.9 Å². The molecule has 2 aromatic carbocycles. The molecule has 1 heterocycles. The van der Waals surface area contributed by atoms with Gasteiger partial charge in [-0.2, -0.15) is 0 Å². The van der Waals surface area contributed by atoms with E-state index in [9.17, 15) is 4.79 Å². The molecule has 0 atom stereocenters. The summed E-state index contributed by atoms with van der Waals surface area (Å²) in [7, 11) is 3.06. The molecule has 25 heavy (non-hydrogen) atoms. The van der Waals surface area contributed by atoms with Crippen LogP contribution in [0.3, 0.4) is 0 Å². The minimum atomic E-state index is -0.459. The molecule has 0 aliphatic carbocycles. The molecule has 7 nitrogen and oxygen atoms in total. The van der Waals surface area contributed by atoms with Crippen molar-refractivity contribution in [3.8, 4) is 17.2 Å². The van der Waals surface area contributed by atoms with Gasteiger partial charge in [-0.05, 0) is 36.4 Å². The maximum Gasteiger partial charge on any atom is 0.295 e. The van der Waals surface area contributed by atoms with Crippen LogP contribution in [0.5, 0.6) is 11.5 Å². The number of nitrogens with one attached hydrogen (secondary N) is 1. The normalized spacial score (nSPS) is 10.4. The molecule has 0 saturated heterocycles. The van der Waals surface area contributed by atoms with Gasteiger partial charge < -0.3 is 14.8 Å². The van der Waals surface area contributed by atoms with E-state index in [0.29, 0.717) is 22.2 Å². The van der Waals surface area contributed by atoms with Gasteiger partial charge in [-0.3, -0.25) is 4.79 Å². The first-order valence-corrected chi connectivity index (χ1v) is 7.69. The van der Waals surface area contributed by atoms with E-state index in [4.69, 9.17) is 21.1 Å². The lowest BCUT2D eigenvalue weighted by molar-refractivity contribution is 0.101. The number of anilines is 1. The number of halogens is 1. The number of benzene rings is 2. The van der Waals surface area contributed by atoms with Crippen molar-refractivity contribution in [3.63, 3.8) is 0 Å². The molecular formula is C17H15ClN4O3. The Morgan fingerprint density at radius 2 is 1.88 bits per heavy atom. The lowest BCUT2D eigenvalue weighted by Crippen LogP contribution is -2.15. The van der Waals surface area contributed by atoms with Crippen LogP contribution in [0.15, 0.2) is 48.8 Å². The van der Waals surface area contributed by atoms with Gasteiger partial charge in [0.2, 0.25) is 5.82 Å². The Labute approximate surface area is 149 Å². The van der Waals surface area contributed by atoms with E-state index in [1.54, 1.807) is 49.6 Å². The summed E-state index contributed by atoms with van der Waals surface area (Å²) in [6.45, 7) is 0. The Kier molecular flexibility index (Phi) is 4.85. The summed E-state index contributed by atoms with van der Waals surface area (Å²) in [5.74, 6) is 0.668. The van der Waals surface area contributed by atoms with E-state index < -0.39 is 5.91 Å². The number of amides is 1. The molecule has 3 rings (SSSR count). The van der Waals surface area contributed by atoms with Crippen molar-refractivity contribution in [2.75, 3.05) is 19.5 Å². The van der Waals surface area contributed by atoms with Gasteiger partial charge in [0.05, 0.1) is 25.6 Å². The predicted molar refractivity (Wildman–Crippen MR) is 93.9 cm³/mol. The van der Waals surface area contributed by atoms with Gasteiger partial charge in [0, 0.05) is 11.1 Å². The second-order valence-electron chi connectivity index (χ2n) is 5.01. The van der Waals surface area contributed by atoms with Crippen molar-refractivity contribution < 1.29 is 14.3 Å². The summed E-state index contributed by atoms with van der Waals surface area (Å²) in [5.41, 5.74) is 1.21. The largest absolute Gasteiger partial charge is 0.497 e. The van der Waals surface area contributed by atoms with Crippen LogP contribution in [0.4, 0.5) is 5.69 Å². The van der Waals surface area contributed by atoms with Crippen molar-refractivity contribution in [1.29, 1.82) is 0 Å². The Morgan fingerprint density at radius 1 is 1.12 bits per heavy atom. The molecule has 0 aliphatic rings. The average Bonchev–Trinajstić information content (AvgIpc) is 3.12. The second kappa shape index (κ2) is 7.23. The Balaban J connectivity index is 1.81. The van der Waals surface area contributed by atoms with Crippen LogP contribution < -0.4 is 14.8 Å². The van der Waals surface area contributed by atoms with E-state index in [1.165, 1.54) is 18.1 Å². The molecule has 0 saturated carbocycles. The zero-order valence-electron chi connectivity index (χ0n) is 13.6. The molecule has 1 N–H and O–H groups in total. The number of aromatic nitrogens is 3. The molecule has 0 spiro atoms. The van der Waals surface area contributed by atoms with Gasteiger partial charge in [0.1, 0.15) is 17.8 Å². The highest BCUT2D eigenvalue weighted by molar-refractivity contribution is 6.30. The summed E-state index contributed by atoms with van der Waals surface area (Å²) >= 11 is 5.87. The van der Waals surface area contributed by atoms with Crippen molar-refractivity contribution in [3.05, 3.63) is 59.6 Å². The number of carbonyl (C=O) groups is 1. The van der Waals surface area contributed by atoms with Crippen LogP contribution in [0.1, 0.15) is 10.6 Å². The first-order chi connectivity index (χ1) is 12.1. The molecule has 0 radical (unpaired) electrons. The fourth-order valence-corrected chi connectivity index (χ4v) is 2.30. The predicted octanol–water partition coefficient (Wildman–Crippen LogP) is 3.19. The minimum Gasteiger partial charge on any atom is -0.497 e. The highest BCUT2D eigenvalue weighted by atomic mass is 35.5. The van der Waals surface area contributed by atoms with Crippen molar-refractivity contribution >= 4 is 23.2 Å². The molecule has 0 aliphatic heterocycles. The lowest BCUT2D eigenvalue weighted by atomic mass is 10.2. The van der Waals surface area contributed by atoms with Crippen LogP contribution in [0.2, 0.25) is 5.02 Å². The first kappa shape index (κ1) is 16.8. The number of rotatable bonds is 5. The third-order valence-electron chi connectivity index (χ3n) is 3.44. The standard InChI is InChI=1S/C17H15ClN4O3/c1-24-13-7-8-15(25-2)14(9-13)20-17(23)16-19-10-22(21-16)12-5-3-11(18)4-6-12/h3-10H,1-2H3,(H,20,23). The number of nitrogens with zero attached hydrogens (tertiary/aromatic N) is 3.